The first-order chi connectivity index (χ1) is 9.72. The molecule has 2 aromatic rings. The molecule has 2 unspecified atom stereocenters. The molecule has 2 fully saturated rings. The summed E-state index contributed by atoms with van der Waals surface area (Å²) >= 11 is 0. The number of fused-ring (bicyclic) bond motifs is 3. The third-order valence-electron chi connectivity index (χ3n) is 4.35. The van der Waals surface area contributed by atoms with Crippen LogP contribution >= 0.6 is 0 Å². The van der Waals surface area contributed by atoms with Gasteiger partial charge in [-0.1, -0.05) is 0 Å². The first kappa shape index (κ1) is 11.8. The lowest BCUT2D eigenvalue weighted by molar-refractivity contribution is 0.0466. The summed E-state index contributed by atoms with van der Waals surface area (Å²) in [4.78, 5) is 21.3. The second-order valence-electron chi connectivity index (χ2n) is 5.77. The predicted molar refractivity (Wildman–Crippen MR) is 73.5 cm³/mol. The zero-order valence-electron chi connectivity index (χ0n) is 11.4. The Hall–Kier alpha value is -1.95. The Morgan fingerprint density at radius 3 is 2.75 bits per heavy atom. The van der Waals surface area contributed by atoms with Crippen molar-refractivity contribution in [1.29, 1.82) is 0 Å². The number of aromatic nitrogens is 3. The molecule has 2 saturated heterocycles. The van der Waals surface area contributed by atoms with E-state index >= 15 is 0 Å². The number of piperazine rings is 1. The van der Waals surface area contributed by atoms with Gasteiger partial charge in [-0.2, -0.15) is 5.10 Å². The summed E-state index contributed by atoms with van der Waals surface area (Å²) in [5, 5.41) is 4.35. The normalized spacial score (nSPS) is 26.4. The molecule has 6 heteroatoms. The van der Waals surface area contributed by atoms with Crippen molar-refractivity contribution in [2.24, 2.45) is 0 Å². The van der Waals surface area contributed by atoms with Crippen LogP contribution in [-0.2, 0) is 0 Å². The van der Waals surface area contributed by atoms with Crippen molar-refractivity contribution in [1.82, 2.24) is 24.4 Å². The van der Waals surface area contributed by atoms with Crippen molar-refractivity contribution in [2.45, 2.75) is 24.9 Å². The molecule has 4 rings (SSSR count). The molecule has 2 aromatic heterocycles. The van der Waals surface area contributed by atoms with Crippen molar-refractivity contribution in [3.05, 3.63) is 30.2 Å². The fourth-order valence-electron chi connectivity index (χ4n) is 3.51. The molecule has 0 aromatic carbocycles. The van der Waals surface area contributed by atoms with Crippen molar-refractivity contribution >= 4 is 11.6 Å². The third-order valence-corrected chi connectivity index (χ3v) is 4.35. The summed E-state index contributed by atoms with van der Waals surface area (Å²) in [5.74, 6) is 0.0519. The fourth-order valence-corrected chi connectivity index (χ4v) is 3.51. The molecule has 0 spiro atoms. The van der Waals surface area contributed by atoms with Gasteiger partial charge in [0.25, 0.3) is 5.91 Å². The van der Waals surface area contributed by atoms with Gasteiger partial charge in [0.15, 0.2) is 11.3 Å². The smallest absolute Gasteiger partial charge is 0.275 e. The SMILES string of the molecule is CN1CC2CCC(C1)N2C(=O)c1cc2ncccn2n1. The van der Waals surface area contributed by atoms with E-state index in [0.29, 0.717) is 17.8 Å². The molecule has 0 saturated carbocycles. The van der Waals surface area contributed by atoms with Crippen LogP contribution in [-0.4, -0.2) is 62.5 Å². The average Bonchev–Trinajstić information content (AvgIpc) is 2.98. The van der Waals surface area contributed by atoms with Gasteiger partial charge in [0, 0.05) is 43.6 Å². The van der Waals surface area contributed by atoms with Crippen LogP contribution in [0.4, 0.5) is 0 Å². The molecule has 4 heterocycles. The molecule has 2 bridgehead atoms. The summed E-state index contributed by atoms with van der Waals surface area (Å²) in [6, 6.07) is 4.27. The second kappa shape index (κ2) is 4.28. The van der Waals surface area contributed by atoms with Crippen LogP contribution in [0.2, 0.25) is 0 Å². The van der Waals surface area contributed by atoms with Crippen LogP contribution < -0.4 is 0 Å². The van der Waals surface area contributed by atoms with E-state index in [1.165, 1.54) is 0 Å². The molecular formula is C14H17N5O. The van der Waals surface area contributed by atoms with E-state index in [9.17, 15) is 4.79 Å². The summed E-state index contributed by atoms with van der Waals surface area (Å²) in [7, 11) is 2.13. The number of likely N-dealkylation sites (N-methyl/N-ethyl adjacent to an activating group) is 1. The first-order valence-electron chi connectivity index (χ1n) is 7.04. The predicted octanol–water partition coefficient (Wildman–Crippen LogP) is 0.648. The minimum absolute atomic E-state index is 0.0519. The van der Waals surface area contributed by atoms with Gasteiger partial charge < -0.3 is 9.80 Å². The van der Waals surface area contributed by atoms with Gasteiger partial charge in [-0.15, -0.1) is 0 Å². The Morgan fingerprint density at radius 1 is 1.30 bits per heavy atom. The van der Waals surface area contributed by atoms with Crippen LogP contribution in [0.5, 0.6) is 0 Å². The maximum atomic E-state index is 12.7. The summed E-state index contributed by atoms with van der Waals surface area (Å²) in [6.45, 7) is 1.93. The van der Waals surface area contributed by atoms with Gasteiger partial charge in [-0.3, -0.25) is 4.79 Å². The Bertz CT molecular complexity index is 619. The van der Waals surface area contributed by atoms with Crippen LogP contribution in [0, 0.1) is 0 Å². The second-order valence-corrected chi connectivity index (χ2v) is 5.77. The van der Waals surface area contributed by atoms with E-state index in [1.807, 2.05) is 17.2 Å². The lowest BCUT2D eigenvalue weighted by Gasteiger charge is -2.39. The molecule has 2 atom stereocenters. The molecule has 6 nitrogen and oxygen atoms in total. The number of likely N-dealkylation sites (tertiary alicyclic amines) is 1. The maximum absolute atomic E-state index is 12.7. The number of nitrogens with zero attached hydrogens (tertiary/aromatic N) is 5. The van der Waals surface area contributed by atoms with Gasteiger partial charge in [-0.05, 0) is 26.0 Å². The Labute approximate surface area is 117 Å². The van der Waals surface area contributed by atoms with Crippen molar-refractivity contribution in [2.75, 3.05) is 20.1 Å². The lowest BCUT2D eigenvalue weighted by atomic mass is 10.2. The number of hydrogen-bond donors (Lipinski definition) is 0. The zero-order valence-corrected chi connectivity index (χ0v) is 11.4. The molecular weight excluding hydrogens is 254 g/mol. The first-order valence-corrected chi connectivity index (χ1v) is 7.04. The van der Waals surface area contributed by atoms with E-state index in [1.54, 1.807) is 16.8 Å². The number of amides is 1. The van der Waals surface area contributed by atoms with Gasteiger partial charge in [0.1, 0.15) is 0 Å². The fraction of sp³-hybridized carbons (Fsp3) is 0.500. The van der Waals surface area contributed by atoms with Crippen LogP contribution in [0.3, 0.4) is 0 Å². The third kappa shape index (κ3) is 1.71. The Balaban J connectivity index is 1.67. The van der Waals surface area contributed by atoms with Crippen molar-refractivity contribution in [3.63, 3.8) is 0 Å². The molecule has 20 heavy (non-hydrogen) atoms. The Kier molecular flexibility index (Phi) is 2.53. The van der Waals surface area contributed by atoms with E-state index in [2.05, 4.69) is 22.0 Å². The number of hydrogen-bond acceptors (Lipinski definition) is 4. The molecule has 0 radical (unpaired) electrons. The molecule has 2 aliphatic rings. The van der Waals surface area contributed by atoms with E-state index in [0.717, 1.165) is 31.6 Å². The van der Waals surface area contributed by atoms with Crippen LogP contribution in [0.1, 0.15) is 23.3 Å². The lowest BCUT2D eigenvalue weighted by Crippen LogP contribution is -2.54. The summed E-state index contributed by atoms with van der Waals surface area (Å²) in [6.07, 6.45) is 5.74. The van der Waals surface area contributed by atoms with E-state index in [-0.39, 0.29) is 5.91 Å². The summed E-state index contributed by atoms with van der Waals surface area (Å²) < 4.78 is 1.66. The minimum atomic E-state index is 0.0519. The van der Waals surface area contributed by atoms with Crippen LogP contribution in [0.15, 0.2) is 24.5 Å². The van der Waals surface area contributed by atoms with Crippen molar-refractivity contribution in [3.8, 4) is 0 Å². The standard InChI is InChI=1S/C14H17N5O/c1-17-8-10-3-4-11(9-17)19(10)14(20)12-7-13-15-5-2-6-18(13)16-12/h2,5-7,10-11H,3-4,8-9H2,1H3. The molecule has 0 aliphatic carbocycles. The number of carbonyl (C=O) groups excluding carboxylic acids is 1. The van der Waals surface area contributed by atoms with Crippen molar-refractivity contribution < 1.29 is 4.79 Å². The number of rotatable bonds is 1. The molecule has 1 amide bonds. The zero-order chi connectivity index (χ0) is 13.7. The highest BCUT2D eigenvalue weighted by molar-refractivity contribution is 5.94. The number of carbonyl (C=O) groups is 1. The highest BCUT2D eigenvalue weighted by Crippen LogP contribution is 2.30. The highest BCUT2D eigenvalue weighted by Gasteiger charge is 2.42. The minimum Gasteiger partial charge on any atom is -0.329 e. The van der Waals surface area contributed by atoms with E-state index < -0.39 is 0 Å². The van der Waals surface area contributed by atoms with Gasteiger partial charge >= 0.3 is 0 Å². The van der Waals surface area contributed by atoms with Crippen LogP contribution in [0.25, 0.3) is 5.65 Å². The quantitative estimate of drug-likeness (QED) is 0.764. The molecule has 0 N–H and O–H groups in total. The maximum Gasteiger partial charge on any atom is 0.275 e. The highest BCUT2D eigenvalue weighted by atomic mass is 16.2. The monoisotopic (exact) mass is 271 g/mol. The molecule has 2 aliphatic heterocycles. The summed E-state index contributed by atoms with van der Waals surface area (Å²) in [5.41, 5.74) is 1.22. The van der Waals surface area contributed by atoms with Gasteiger partial charge in [0.05, 0.1) is 0 Å². The average molecular weight is 271 g/mol. The van der Waals surface area contributed by atoms with E-state index in [4.69, 9.17) is 0 Å². The van der Waals surface area contributed by atoms with Gasteiger partial charge in [0.2, 0.25) is 0 Å². The Morgan fingerprint density at radius 2 is 2.05 bits per heavy atom. The molecule has 104 valence electrons. The van der Waals surface area contributed by atoms with Gasteiger partial charge in [-0.25, -0.2) is 9.50 Å². The topological polar surface area (TPSA) is 53.7 Å². The largest absolute Gasteiger partial charge is 0.329 e.